The van der Waals surface area contributed by atoms with Crippen molar-refractivity contribution in [3.8, 4) is 5.75 Å². The molecule has 1 spiro atoms. The number of Topliss-reactive ketones (excluding diaryl/α,β-unsaturated/α-hetero) is 1. The van der Waals surface area contributed by atoms with Gasteiger partial charge in [0.05, 0.1) is 6.61 Å². The number of carboxylic acid groups (broad SMARTS) is 1. The Hall–Kier alpha value is -2.90. The Labute approximate surface area is 168 Å². The van der Waals surface area contributed by atoms with Crippen LogP contribution in [0.1, 0.15) is 31.2 Å². The number of nitrogens with zero attached hydrogens (tertiary/aromatic N) is 1. The van der Waals surface area contributed by atoms with Crippen LogP contribution < -0.4 is 10.1 Å². The maximum atomic E-state index is 12.9. The zero-order valence-corrected chi connectivity index (χ0v) is 16.1. The van der Waals surface area contributed by atoms with E-state index in [1.54, 1.807) is 4.90 Å². The number of hydrogen-bond acceptors (Lipinski definition) is 5. The number of ether oxygens (including phenoxy) is 1. The van der Waals surface area contributed by atoms with Crippen LogP contribution in [-0.2, 0) is 25.7 Å². The van der Waals surface area contributed by atoms with Crippen molar-refractivity contribution in [3.05, 3.63) is 29.8 Å². The van der Waals surface area contributed by atoms with Gasteiger partial charge in [0.15, 0.2) is 11.7 Å². The summed E-state index contributed by atoms with van der Waals surface area (Å²) in [5.41, 5.74) is 0.221. The largest absolute Gasteiger partial charge is 0.493 e. The van der Waals surface area contributed by atoms with Gasteiger partial charge in [0.1, 0.15) is 12.3 Å². The minimum atomic E-state index is -1.47. The molecule has 1 heterocycles. The normalized spacial score (nSPS) is 22.5. The number of amides is 2. The van der Waals surface area contributed by atoms with Gasteiger partial charge >= 0.3 is 5.97 Å². The summed E-state index contributed by atoms with van der Waals surface area (Å²) in [6.45, 7) is 0.694. The Morgan fingerprint density at radius 2 is 1.86 bits per heavy atom. The minimum Gasteiger partial charge on any atom is -0.493 e. The molecule has 8 nitrogen and oxygen atoms in total. The van der Waals surface area contributed by atoms with Gasteiger partial charge in [-0.3, -0.25) is 19.2 Å². The van der Waals surface area contributed by atoms with Crippen LogP contribution in [0, 0.1) is 17.3 Å². The highest BCUT2D eigenvalue weighted by Gasteiger charge is 2.60. The molecule has 1 aromatic rings. The lowest BCUT2D eigenvalue weighted by atomic mass is 9.83. The summed E-state index contributed by atoms with van der Waals surface area (Å²) in [6.07, 6.45) is 3.73. The van der Waals surface area contributed by atoms with Crippen LogP contribution in [0.5, 0.6) is 5.75 Å². The third kappa shape index (κ3) is 4.26. The molecule has 8 heteroatoms. The molecule has 2 amide bonds. The molecule has 0 aromatic heterocycles. The van der Waals surface area contributed by atoms with Gasteiger partial charge in [0.2, 0.25) is 11.8 Å². The number of benzene rings is 1. The van der Waals surface area contributed by atoms with Crippen LogP contribution in [0.15, 0.2) is 24.3 Å². The molecule has 2 aliphatic carbocycles. The van der Waals surface area contributed by atoms with Crippen LogP contribution in [0.2, 0.25) is 0 Å². The molecule has 4 rings (SSSR count). The first-order chi connectivity index (χ1) is 13.9. The maximum absolute atomic E-state index is 12.9. The third-order valence-electron chi connectivity index (χ3n) is 5.85. The van der Waals surface area contributed by atoms with E-state index in [1.165, 1.54) is 12.8 Å². The molecule has 2 N–H and O–H groups in total. The van der Waals surface area contributed by atoms with Crippen molar-refractivity contribution in [1.82, 2.24) is 10.2 Å². The molecular weight excluding hydrogens is 376 g/mol. The first-order valence-corrected chi connectivity index (χ1v) is 9.92. The average molecular weight is 400 g/mol. The van der Waals surface area contributed by atoms with Crippen molar-refractivity contribution in [2.24, 2.45) is 17.3 Å². The topological polar surface area (TPSA) is 113 Å². The van der Waals surface area contributed by atoms with E-state index in [0.29, 0.717) is 31.8 Å². The summed E-state index contributed by atoms with van der Waals surface area (Å²) in [5.74, 6) is -3.03. The number of hydrogen-bond donors (Lipinski definition) is 2. The van der Waals surface area contributed by atoms with Crippen LogP contribution in [-0.4, -0.2) is 53.3 Å². The van der Waals surface area contributed by atoms with Crippen LogP contribution >= 0.6 is 0 Å². The Balaban J connectivity index is 1.43. The Bertz CT molecular complexity index is 841. The predicted octanol–water partition coefficient (Wildman–Crippen LogP) is 0.984. The van der Waals surface area contributed by atoms with E-state index in [1.807, 2.05) is 24.3 Å². The van der Waals surface area contributed by atoms with Gasteiger partial charge in [-0.1, -0.05) is 12.1 Å². The molecule has 0 bridgehead atoms. The van der Waals surface area contributed by atoms with E-state index >= 15 is 0 Å². The lowest BCUT2D eigenvalue weighted by molar-refractivity contribution is -0.156. The van der Waals surface area contributed by atoms with Gasteiger partial charge in [-0.2, -0.15) is 0 Å². The molecular formula is C21H24N2O6. The van der Waals surface area contributed by atoms with Crippen LogP contribution in [0.3, 0.4) is 0 Å². The molecule has 1 saturated heterocycles. The lowest BCUT2D eigenvalue weighted by Crippen LogP contribution is -2.56. The van der Waals surface area contributed by atoms with Crippen LogP contribution in [0.25, 0.3) is 0 Å². The third-order valence-corrected chi connectivity index (χ3v) is 5.85. The molecule has 3 fully saturated rings. The number of carbonyl (C=O) groups excluding carboxylic acids is 3. The monoisotopic (exact) mass is 400 g/mol. The summed E-state index contributed by atoms with van der Waals surface area (Å²) >= 11 is 0. The zero-order chi connectivity index (χ0) is 20.6. The fourth-order valence-corrected chi connectivity index (χ4v) is 3.72. The zero-order valence-electron chi connectivity index (χ0n) is 16.1. The number of rotatable bonds is 8. The summed E-state index contributed by atoms with van der Waals surface area (Å²) < 4.78 is 5.72. The van der Waals surface area contributed by atoms with Crippen molar-refractivity contribution < 1.29 is 29.0 Å². The molecule has 1 unspecified atom stereocenters. The SMILES string of the molecule is O=C(O)CNC(=O)C1C(=O)N(Cc2ccc(OCC3CC3)cc2)CC2(CC2)C1=O. The van der Waals surface area contributed by atoms with Crippen molar-refractivity contribution in [2.45, 2.75) is 32.2 Å². The van der Waals surface area contributed by atoms with Gasteiger partial charge in [0.25, 0.3) is 0 Å². The number of aliphatic carboxylic acids is 1. The van der Waals surface area contributed by atoms with Gasteiger partial charge in [-0.05, 0) is 49.3 Å². The predicted molar refractivity (Wildman–Crippen MR) is 101 cm³/mol. The molecule has 1 atom stereocenters. The molecule has 1 aliphatic heterocycles. The van der Waals surface area contributed by atoms with Crippen molar-refractivity contribution in [1.29, 1.82) is 0 Å². The standard InChI is InChI=1S/C21H24N2O6/c24-16(25)9-22-19(27)17-18(26)21(7-8-21)12-23(20(17)28)10-13-3-5-15(6-4-13)29-11-14-1-2-14/h3-6,14,17H,1-2,7-12H2,(H,22,27)(H,24,25). The first kappa shape index (κ1) is 19.4. The highest BCUT2D eigenvalue weighted by molar-refractivity contribution is 6.21. The van der Waals surface area contributed by atoms with E-state index in [9.17, 15) is 19.2 Å². The van der Waals surface area contributed by atoms with Crippen molar-refractivity contribution in [2.75, 3.05) is 19.7 Å². The number of carboxylic acids is 1. The van der Waals surface area contributed by atoms with Gasteiger partial charge in [0, 0.05) is 18.5 Å². The van der Waals surface area contributed by atoms with Gasteiger partial charge < -0.3 is 20.1 Å². The number of carbonyl (C=O) groups is 4. The van der Waals surface area contributed by atoms with E-state index in [0.717, 1.165) is 17.9 Å². The van der Waals surface area contributed by atoms with Crippen LogP contribution in [0.4, 0.5) is 0 Å². The Morgan fingerprint density at radius 1 is 1.17 bits per heavy atom. The molecule has 154 valence electrons. The Kier molecular flexibility index (Phi) is 5.02. The maximum Gasteiger partial charge on any atom is 0.322 e. The van der Waals surface area contributed by atoms with E-state index in [4.69, 9.17) is 9.84 Å². The summed E-state index contributed by atoms with van der Waals surface area (Å²) in [6, 6.07) is 7.48. The number of nitrogens with one attached hydrogen (secondary N) is 1. The molecule has 1 aromatic carbocycles. The first-order valence-electron chi connectivity index (χ1n) is 9.92. The summed E-state index contributed by atoms with van der Waals surface area (Å²) in [7, 11) is 0. The fourth-order valence-electron chi connectivity index (χ4n) is 3.72. The van der Waals surface area contributed by atoms with Gasteiger partial charge in [-0.15, -0.1) is 0 Å². The average Bonchev–Trinajstić information content (AvgIpc) is 3.60. The smallest absolute Gasteiger partial charge is 0.322 e. The van der Waals surface area contributed by atoms with E-state index in [-0.39, 0.29) is 5.78 Å². The fraction of sp³-hybridized carbons (Fsp3) is 0.524. The summed E-state index contributed by atoms with van der Waals surface area (Å²) in [5, 5.41) is 10.9. The lowest BCUT2D eigenvalue weighted by Gasteiger charge is -2.36. The highest BCUT2D eigenvalue weighted by Crippen LogP contribution is 2.51. The molecule has 0 radical (unpaired) electrons. The molecule has 3 aliphatic rings. The molecule has 29 heavy (non-hydrogen) atoms. The summed E-state index contributed by atoms with van der Waals surface area (Å²) in [4.78, 5) is 50.2. The quantitative estimate of drug-likeness (QED) is 0.629. The molecule has 2 saturated carbocycles. The number of piperidine rings is 1. The highest BCUT2D eigenvalue weighted by atomic mass is 16.5. The second kappa shape index (κ2) is 7.50. The minimum absolute atomic E-state index is 0.291. The second-order valence-electron chi connectivity index (χ2n) is 8.28. The van der Waals surface area contributed by atoms with Crippen molar-refractivity contribution in [3.63, 3.8) is 0 Å². The second-order valence-corrected chi connectivity index (χ2v) is 8.28. The van der Waals surface area contributed by atoms with E-state index in [2.05, 4.69) is 5.32 Å². The number of ketones is 1. The van der Waals surface area contributed by atoms with E-state index < -0.39 is 35.7 Å². The van der Waals surface area contributed by atoms with Gasteiger partial charge in [-0.25, -0.2) is 0 Å². The number of likely N-dealkylation sites (tertiary alicyclic amines) is 1. The van der Waals surface area contributed by atoms with Crippen molar-refractivity contribution >= 4 is 23.6 Å². The Morgan fingerprint density at radius 3 is 2.45 bits per heavy atom.